The number of ether oxygens (including phenoxy) is 1. The van der Waals surface area contributed by atoms with Gasteiger partial charge >= 0.3 is 5.97 Å². The van der Waals surface area contributed by atoms with Crippen LogP contribution in [-0.2, 0) is 18.4 Å². The summed E-state index contributed by atoms with van der Waals surface area (Å²) < 4.78 is 6.44. The Hall–Kier alpha value is -2.70. The lowest BCUT2D eigenvalue weighted by atomic mass is 10.1. The molecule has 0 saturated carbocycles. The standard InChI is InChI=1S/C17H22N4O3/c1-4-5-9-14(19-11-13-8-6-7-10-18-13)15-16(24-12(2)22)20-21(3)17(15)23/h6-8,10,20H,4-5,9,11H2,1-3H3. The zero-order chi connectivity index (χ0) is 17.5. The summed E-state index contributed by atoms with van der Waals surface area (Å²) in [5, 5.41) is 2.76. The van der Waals surface area contributed by atoms with E-state index < -0.39 is 5.97 Å². The molecule has 2 aromatic heterocycles. The van der Waals surface area contributed by atoms with Gasteiger partial charge in [-0.05, 0) is 25.0 Å². The van der Waals surface area contributed by atoms with Gasteiger partial charge in [-0.1, -0.05) is 19.4 Å². The highest BCUT2D eigenvalue weighted by molar-refractivity contribution is 6.02. The van der Waals surface area contributed by atoms with E-state index in [-0.39, 0.29) is 11.4 Å². The van der Waals surface area contributed by atoms with Crippen molar-refractivity contribution in [2.45, 2.75) is 39.7 Å². The highest BCUT2D eigenvalue weighted by atomic mass is 16.5. The third-order valence-corrected chi connectivity index (χ3v) is 3.47. The molecule has 0 fully saturated rings. The van der Waals surface area contributed by atoms with E-state index in [2.05, 4.69) is 22.0 Å². The minimum Gasteiger partial charge on any atom is -0.407 e. The van der Waals surface area contributed by atoms with Crippen molar-refractivity contribution < 1.29 is 9.53 Å². The summed E-state index contributed by atoms with van der Waals surface area (Å²) in [4.78, 5) is 32.5. The average Bonchev–Trinajstić information content (AvgIpc) is 2.82. The third kappa shape index (κ3) is 4.41. The maximum atomic E-state index is 12.4. The summed E-state index contributed by atoms with van der Waals surface area (Å²) in [6, 6.07) is 5.61. The minimum absolute atomic E-state index is 0.144. The zero-order valence-electron chi connectivity index (χ0n) is 14.2. The van der Waals surface area contributed by atoms with Gasteiger partial charge in [0, 0.05) is 20.2 Å². The number of nitrogens with one attached hydrogen (secondary N) is 1. The Morgan fingerprint density at radius 1 is 1.42 bits per heavy atom. The van der Waals surface area contributed by atoms with E-state index in [1.54, 1.807) is 13.2 Å². The molecule has 1 N–H and O–H groups in total. The second-order valence-electron chi connectivity index (χ2n) is 5.46. The van der Waals surface area contributed by atoms with Crippen molar-refractivity contribution in [3.05, 3.63) is 46.0 Å². The quantitative estimate of drug-likeness (QED) is 0.622. The number of hydrogen-bond acceptors (Lipinski definition) is 5. The Bertz CT molecular complexity index is 775. The second kappa shape index (κ2) is 8.24. The van der Waals surface area contributed by atoms with Crippen LogP contribution in [0.3, 0.4) is 0 Å². The number of rotatable bonds is 7. The molecule has 0 amide bonds. The normalized spacial score (nSPS) is 11.5. The van der Waals surface area contributed by atoms with Gasteiger partial charge in [0.25, 0.3) is 5.56 Å². The first kappa shape index (κ1) is 17.7. The molecule has 0 unspecified atom stereocenters. The van der Waals surface area contributed by atoms with Crippen molar-refractivity contribution in [1.29, 1.82) is 0 Å². The number of aryl methyl sites for hydroxylation is 1. The third-order valence-electron chi connectivity index (χ3n) is 3.47. The Labute approximate surface area is 140 Å². The van der Waals surface area contributed by atoms with Crippen LogP contribution in [0.4, 0.5) is 0 Å². The highest BCUT2D eigenvalue weighted by Gasteiger charge is 2.20. The van der Waals surface area contributed by atoms with Crippen LogP contribution in [0, 0.1) is 0 Å². The number of pyridine rings is 1. The Morgan fingerprint density at radius 3 is 2.83 bits per heavy atom. The van der Waals surface area contributed by atoms with Gasteiger partial charge in [-0.3, -0.25) is 29.3 Å². The van der Waals surface area contributed by atoms with Crippen molar-refractivity contribution in [3.8, 4) is 5.88 Å². The second-order valence-corrected chi connectivity index (χ2v) is 5.46. The van der Waals surface area contributed by atoms with Crippen LogP contribution < -0.4 is 10.3 Å². The smallest absolute Gasteiger partial charge is 0.309 e. The lowest BCUT2D eigenvalue weighted by Crippen LogP contribution is -2.20. The van der Waals surface area contributed by atoms with Gasteiger partial charge < -0.3 is 4.74 Å². The molecule has 0 atom stereocenters. The number of esters is 1. The summed E-state index contributed by atoms with van der Waals surface area (Å²) in [5.74, 6) is -0.344. The first-order chi connectivity index (χ1) is 11.5. The van der Waals surface area contributed by atoms with Gasteiger partial charge in [0.15, 0.2) is 0 Å². The number of H-pyrrole nitrogens is 1. The van der Waals surface area contributed by atoms with Crippen LogP contribution in [0.15, 0.2) is 34.2 Å². The largest absolute Gasteiger partial charge is 0.407 e. The van der Waals surface area contributed by atoms with E-state index in [4.69, 9.17) is 4.74 Å². The molecule has 2 rings (SSSR count). The van der Waals surface area contributed by atoms with Gasteiger partial charge in [0.1, 0.15) is 5.56 Å². The zero-order valence-corrected chi connectivity index (χ0v) is 14.2. The van der Waals surface area contributed by atoms with Crippen LogP contribution >= 0.6 is 0 Å². The maximum Gasteiger partial charge on any atom is 0.309 e. The molecule has 0 radical (unpaired) electrons. The fraction of sp³-hybridized carbons (Fsp3) is 0.412. The molecule has 0 aliphatic carbocycles. The van der Waals surface area contributed by atoms with Crippen molar-refractivity contribution in [3.63, 3.8) is 0 Å². The lowest BCUT2D eigenvalue weighted by Gasteiger charge is -2.06. The monoisotopic (exact) mass is 330 g/mol. The minimum atomic E-state index is -0.488. The van der Waals surface area contributed by atoms with Crippen LogP contribution in [0.25, 0.3) is 0 Å². The molecule has 0 spiro atoms. The van der Waals surface area contributed by atoms with Gasteiger partial charge in [0.2, 0.25) is 5.88 Å². The Balaban J connectivity index is 2.40. The molecule has 24 heavy (non-hydrogen) atoms. The molecule has 0 aliphatic rings. The molecule has 2 heterocycles. The molecule has 7 heteroatoms. The molecule has 0 saturated heterocycles. The number of aliphatic imine (C=N–C) groups is 1. The number of carbonyl (C=O) groups excluding carboxylic acids is 1. The van der Waals surface area contributed by atoms with E-state index in [0.29, 0.717) is 24.2 Å². The molecular formula is C17H22N4O3. The molecule has 0 aromatic carbocycles. The van der Waals surface area contributed by atoms with Gasteiger partial charge in [-0.2, -0.15) is 0 Å². The number of unbranched alkanes of at least 4 members (excludes halogenated alkanes) is 1. The molecule has 2 aromatic rings. The molecular weight excluding hydrogens is 308 g/mol. The number of aromatic nitrogens is 3. The molecule has 128 valence electrons. The Morgan fingerprint density at radius 2 is 2.21 bits per heavy atom. The van der Waals surface area contributed by atoms with E-state index in [9.17, 15) is 9.59 Å². The first-order valence-electron chi connectivity index (χ1n) is 7.94. The van der Waals surface area contributed by atoms with Crippen molar-refractivity contribution in [2.24, 2.45) is 12.0 Å². The summed E-state index contributed by atoms with van der Waals surface area (Å²) >= 11 is 0. The van der Waals surface area contributed by atoms with E-state index >= 15 is 0 Å². The highest BCUT2D eigenvalue weighted by Crippen LogP contribution is 2.17. The summed E-state index contributed by atoms with van der Waals surface area (Å²) in [6.45, 7) is 3.73. The molecule has 7 nitrogen and oxygen atoms in total. The number of nitrogens with zero attached hydrogens (tertiary/aromatic N) is 3. The number of aromatic amines is 1. The summed E-state index contributed by atoms with van der Waals surface area (Å²) in [5.41, 5.74) is 1.49. The van der Waals surface area contributed by atoms with Crippen LogP contribution in [0.1, 0.15) is 44.4 Å². The van der Waals surface area contributed by atoms with Gasteiger partial charge in [0.05, 0.1) is 18.0 Å². The number of carbonyl (C=O) groups is 1. The predicted molar refractivity (Wildman–Crippen MR) is 91.3 cm³/mol. The average molecular weight is 330 g/mol. The summed E-state index contributed by atoms with van der Waals surface area (Å²) in [6.07, 6.45) is 4.19. The van der Waals surface area contributed by atoms with Gasteiger partial charge in [-0.15, -0.1) is 0 Å². The van der Waals surface area contributed by atoms with Crippen molar-refractivity contribution in [1.82, 2.24) is 14.8 Å². The molecule has 0 bridgehead atoms. The molecule has 0 aliphatic heterocycles. The SMILES string of the molecule is CCCCC(=NCc1ccccn1)c1c(OC(C)=O)[nH]n(C)c1=O. The summed E-state index contributed by atoms with van der Waals surface area (Å²) in [7, 11) is 1.58. The fourth-order valence-corrected chi connectivity index (χ4v) is 2.29. The number of hydrogen-bond donors (Lipinski definition) is 1. The maximum absolute atomic E-state index is 12.4. The predicted octanol–water partition coefficient (Wildman–Crippen LogP) is 2.21. The van der Waals surface area contributed by atoms with E-state index in [0.717, 1.165) is 18.5 Å². The van der Waals surface area contributed by atoms with Crippen LogP contribution in [0.2, 0.25) is 0 Å². The fourth-order valence-electron chi connectivity index (χ4n) is 2.29. The topological polar surface area (TPSA) is 89.3 Å². The van der Waals surface area contributed by atoms with Crippen LogP contribution in [0.5, 0.6) is 5.88 Å². The van der Waals surface area contributed by atoms with Gasteiger partial charge in [-0.25, -0.2) is 0 Å². The van der Waals surface area contributed by atoms with E-state index in [1.807, 2.05) is 18.2 Å². The van der Waals surface area contributed by atoms with Crippen molar-refractivity contribution in [2.75, 3.05) is 0 Å². The Kier molecular flexibility index (Phi) is 6.06. The van der Waals surface area contributed by atoms with E-state index in [1.165, 1.54) is 11.6 Å². The first-order valence-corrected chi connectivity index (χ1v) is 7.94. The van der Waals surface area contributed by atoms with Crippen molar-refractivity contribution >= 4 is 11.7 Å². The lowest BCUT2D eigenvalue weighted by molar-refractivity contribution is -0.132. The van der Waals surface area contributed by atoms with Crippen LogP contribution in [-0.4, -0.2) is 26.4 Å².